The van der Waals surface area contributed by atoms with Crippen molar-refractivity contribution >= 4 is 0 Å². The second kappa shape index (κ2) is 6.85. The molecule has 0 aliphatic heterocycles. The molecule has 0 amide bonds. The van der Waals surface area contributed by atoms with Gasteiger partial charge in [-0.3, -0.25) is 0 Å². The molecule has 0 rings (SSSR count). The van der Waals surface area contributed by atoms with E-state index in [0.717, 1.165) is 6.42 Å². The van der Waals surface area contributed by atoms with E-state index in [1.54, 1.807) is 0 Å². The van der Waals surface area contributed by atoms with E-state index in [4.69, 9.17) is 14.6 Å². The molecule has 0 saturated carbocycles. The van der Waals surface area contributed by atoms with Gasteiger partial charge in [0, 0.05) is 0 Å². The molecule has 0 bridgehead atoms. The van der Waals surface area contributed by atoms with E-state index in [1.807, 2.05) is 6.92 Å². The Labute approximate surface area is 96.3 Å². The molecular formula is C11H22O5. The van der Waals surface area contributed by atoms with Crippen molar-refractivity contribution in [1.82, 2.24) is 0 Å². The summed E-state index contributed by atoms with van der Waals surface area (Å²) in [6.07, 6.45) is -0.392. The first kappa shape index (κ1) is 15.4. The van der Waals surface area contributed by atoms with Gasteiger partial charge in [0.2, 0.25) is 0 Å². The van der Waals surface area contributed by atoms with Gasteiger partial charge in [0.25, 0.3) is 0 Å². The summed E-state index contributed by atoms with van der Waals surface area (Å²) < 4.78 is 9.91. The van der Waals surface area contributed by atoms with Gasteiger partial charge in [-0.15, -0.1) is 0 Å². The van der Waals surface area contributed by atoms with Gasteiger partial charge in [0.15, 0.2) is 12.6 Å². The lowest BCUT2D eigenvalue weighted by atomic mass is 10.2. The number of hydrogen-bond donors (Lipinski definition) is 3. The summed E-state index contributed by atoms with van der Waals surface area (Å²) in [7, 11) is 0. The largest absolute Gasteiger partial charge is 0.470 e. The Morgan fingerprint density at radius 1 is 1.44 bits per heavy atom. The molecule has 96 valence electrons. The van der Waals surface area contributed by atoms with E-state index < -0.39 is 18.0 Å². The van der Waals surface area contributed by atoms with Crippen LogP contribution < -0.4 is 0 Å². The summed E-state index contributed by atoms with van der Waals surface area (Å²) >= 11 is 0. The van der Waals surface area contributed by atoms with Crippen molar-refractivity contribution in [2.45, 2.75) is 51.6 Å². The molecule has 0 heterocycles. The predicted molar refractivity (Wildman–Crippen MR) is 59.4 cm³/mol. The van der Waals surface area contributed by atoms with Crippen LogP contribution in [0.2, 0.25) is 0 Å². The van der Waals surface area contributed by atoms with Crippen LogP contribution in [-0.2, 0) is 9.47 Å². The Kier molecular flexibility index (Phi) is 6.59. The molecule has 0 aromatic rings. The zero-order valence-electron chi connectivity index (χ0n) is 10.1. The quantitative estimate of drug-likeness (QED) is 0.426. The van der Waals surface area contributed by atoms with Gasteiger partial charge in [-0.2, -0.15) is 0 Å². The first-order valence-corrected chi connectivity index (χ1v) is 5.35. The van der Waals surface area contributed by atoms with Crippen LogP contribution in [0.3, 0.4) is 0 Å². The van der Waals surface area contributed by atoms with Gasteiger partial charge in [0.05, 0.1) is 0 Å². The van der Waals surface area contributed by atoms with Gasteiger partial charge >= 0.3 is 0 Å². The van der Waals surface area contributed by atoms with Crippen LogP contribution in [0.1, 0.15) is 33.6 Å². The third-order valence-electron chi connectivity index (χ3n) is 2.30. The molecule has 0 aliphatic carbocycles. The average Bonchev–Trinajstić information content (AvgIpc) is 2.17. The minimum absolute atomic E-state index is 0.197. The third-order valence-corrected chi connectivity index (χ3v) is 2.30. The highest BCUT2D eigenvalue weighted by atomic mass is 16.7. The Hall–Kier alpha value is -0.620. The Morgan fingerprint density at radius 3 is 2.44 bits per heavy atom. The summed E-state index contributed by atoms with van der Waals surface area (Å²) in [4.78, 5) is 0. The van der Waals surface area contributed by atoms with Crippen LogP contribution >= 0.6 is 0 Å². The number of aliphatic hydroxyl groups excluding tert-OH is 2. The summed E-state index contributed by atoms with van der Waals surface area (Å²) in [5.74, 6) is -1.47. The minimum Gasteiger partial charge on any atom is -0.470 e. The van der Waals surface area contributed by atoms with E-state index in [-0.39, 0.29) is 12.6 Å². The number of hydrogen-bond acceptors (Lipinski definition) is 5. The molecule has 0 fully saturated rings. The molecule has 0 aliphatic rings. The van der Waals surface area contributed by atoms with Gasteiger partial charge in [-0.05, 0) is 20.3 Å². The van der Waals surface area contributed by atoms with E-state index in [1.165, 1.54) is 13.8 Å². The molecule has 3 atom stereocenters. The van der Waals surface area contributed by atoms with Crippen LogP contribution in [0.5, 0.6) is 0 Å². The molecule has 0 radical (unpaired) electrons. The Balaban J connectivity index is 3.86. The van der Waals surface area contributed by atoms with E-state index in [0.29, 0.717) is 6.42 Å². The summed E-state index contributed by atoms with van der Waals surface area (Å²) in [5, 5.41) is 28.1. The molecular weight excluding hydrogens is 212 g/mol. The second-order valence-corrected chi connectivity index (χ2v) is 3.91. The first-order chi connectivity index (χ1) is 7.31. The fourth-order valence-corrected chi connectivity index (χ4v) is 0.876. The van der Waals surface area contributed by atoms with Crippen LogP contribution in [0.15, 0.2) is 12.3 Å². The number of rotatable bonds is 8. The standard InChI is InChI=1S/C11H22O5/c1-5-6-10(13)8(2)15-7-16-11(4,14)9(3)12/h9-10,12-14H,2,5-7H2,1,3-4H3. The Morgan fingerprint density at radius 2 is 2.00 bits per heavy atom. The maximum Gasteiger partial charge on any atom is 0.192 e. The van der Waals surface area contributed by atoms with E-state index >= 15 is 0 Å². The fourth-order valence-electron chi connectivity index (χ4n) is 0.876. The van der Waals surface area contributed by atoms with Crippen LogP contribution in [-0.4, -0.2) is 40.1 Å². The monoisotopic (exact) mass is 234 g/mol. The second-order valence-electron chi connectivity index (χ2n) is 3.91. The molecule has 0 aromatic carbocycles. The van der Waals surface area contributed by atoms with Crippen molar-refractivity contribution in [2.75, 3.05) is 6.79 Å². The predicted octanol–water partition coefficient (Wildman–Crippen LogP) is 0.741. The molecule has 5 heteroatoms. The smallest absolute Gasteiger partial charge is 0.192 e. The van der Waals surface area contributed by atoms with Gasteiger partial charge in [-0.25, -0.2) is 0 Å². The van der Waals surface area contributed by atoms with Gasteiger partial charge in [0.1, 0.15) is 18.0 Å². The normalized spacial score (nSPS) is 18.6. The average molecular weight is 234 g/mol. The van der Waals surface area contributed by atoms with E-state index in [2.05, 4.69) is 6.58 Å². The molecule has 3 unspecified atom stereocenters. The maximum atomic E-state index is 9.50. The minimum atomic E-state index is -1.67. The van der Waals surface area contributed by atoms with Crippen molar-refractivity contribution in [3.63, 3.8) is 0 Å². The van der Waals surface area contributed by atoms with E-state index in [9.17, 15) is 10.2 Å². The van der Waals surface area contributed by atoms with Gasteiger partial charge < -0.3 is 24.8 Å². The van der Waals surface area contributed by atoms with Crippen LogP contribution in [0, 0.1) is 0 Å². The lowest BCUT2D eigenvalue weighted by Crippen LogP contribution is -2.40. The molecule has 0 spiro atoms. The van der Waals surface area contributed by atoms with Crippen molar-refractivity contribution in [3.8, 4) is 0 Å². The topological polar surface area (TPSA) is 79.2 Å². The Bertz CT molecular complexity index is 212. The number of ether oxygens (including phenoxy) is 2. The zero-order valence-corrected chi connectivity index (χ0v) is 10.1. The highest BCUT2D eigenvalue weighted by Gasteiger charge is 2.27. The molecule has 0 aromatic heterocycles. The molecule has 0 saturated heterocycles. The highest BCUT2D eigenvalue weighted by molar-refractivity contribution is 4.90. The number of aliphatic hydroxyl groups is 3. The third kappa shape index (κ3) is 5.46. The summed E-state index contributed by atoms with van der Waals surface area (Å²) in [6, 6.07) is 0. The highest BCUT2D eigenvalue weighted by Crippen LogP contribution is 2.13. The zero-order chi connectivity index (χ0) is 12.8. The lowest BCUT2D eigenvalue weighted by Gasteiger charge is -2.27. The van der Waals surface area contributed by atoms with Crippen molar-refractivity contribution in [2.24, 2.45) is 0 Å². The molecule has 16 heavy (non-hydrogen) atoms. The first-order valence-electron chi connectivity index (χ1n) is 5.35. The van der Waals surface area contributed by atoms with Crippen LogP contribution in [0.25, 0.3) is 0 Å². The van der Waals surface area contributed by atoms with Crippen molar-refractivity contribution in [3.05, 3.63) is 12.3 Å². The lowest BCUT2D eigenvalue weighted by molar-refractivity contribution is -0.270. The van der Waals surface area contributed by atoms with Gasteiger partial charge in [-0.1, -0.05) is 19.9 Å². The summed E-state index contributed by atoms with van der Waals surface area (Å²) in [5.41, 5.74) is 0. The SMILES string of the molecule is C=C(OCOC(C)(O)C(C)O)C(O)CCC. The molecule has 5 nitrogen and oxygen atoms in total. The summed E-state index contributed by atoms with van der Waals surface area (Å²) in [6.45, 7) is 7.94. The molecule has 3 N–H and O–H groups in total. The van der Waals surface area contributed by atoms with Crippen molar-refractivity contribution in [1.29, 1.82) is 0 Å². The van der Waals surface area contributed by atoms with Crippen LogP contribution in [0.4, 0.5) is 0 Å². The van der Waals surface area contributed by atoms with Crippen molar-refractivity contribution < 1.29 is 24.8 Å². The maximum absolute atomic E-state index is 9.50. The fraction of sp³-hybridized carbons (Fsp3) is 0.818.